The number of hydrogen-bond donors (Lipinski definition) is 1. The lowest BCUT2D eigenvalue weighted by atomic mass is 10.1. The zero-order chi connectivity index (χ0) is 13.0. The Hall–Kier alpha value is -1.68. The number of nitrogens with one attached hydrogen (secondary N) is 1. The average molecular weight is 269 g/mol. The van der Waals surface area contributed by atoms with Crippen LogP contribution in [0.3, 0.4) is 0 Å². The summed E-state index contributed by atoms with van der Waals surface area (Å²) in [6.45, 7) is 0.539. The van der Waals surface area contributed by atoms with E-state index in [1.807, 2.05) is 0 Å². The molecule has 0 aliphatic rings. The SMILES string of the molecule is Fc1cc(F)cc(CCNc2ccc(Cl)cn2)c1. The van der Waals surface area contributed by atoms with E-state index >= 15 is 0 Å². The highest BCUT2D eigenvalue weighted by Crippen LogP contribution is 2.11. The van der Waals surface area contributed by atoms with Gasteiger partial charge in [0.15, 0.2) is 0 Å². The molecule has 1 aromatic carbocycles. The van der Waals surface area contributed by atoms with Gasteiger partial charge < -0.3 is 5.32 Å². The van der Waals surface area contributed by atoms with E-state index in [2.05, 4.69) is 10.3 Å². The van der Waals surface area contributed by atoms with Crippen LogP contribution in [0, 0.1) is 11.6 Å². The molecular formula is C13H11ClF2N2. The molecule has 0 atom stereocenters. The number of nitrogens with zero attached hydrogens (tertiary/aromatic N) is 1. The minimum atomic E-state index is -0.561. The van der Waals surface area contributed by atoms with Crippen molar-refractivity contribution in [2.75, 3.05) is 11.9 Å². The Balaban J connectivity index is 1.90. The Kier molecular flexibility index (Phi) is 4.10. The Morgan fingerprint density at radius 3 is 2.44 bits per heavy atom. The predicted octanol–water partition coefficient (Wildman–Crippen LogP) is 3.67. The van der Waals surface area contributed by atoms with Crippen LogP contribution in [0.4, 0.5) is 14.6 Å². The average Bonchev–Trinajstić information content (AvgIpc) is 2.30. The van der Waals surface area contributed by atoms with Crippen LogP contribution in [-0.4, -0.2) is 11.5 Å². The third-order valence-corrected chi connectivity index (χ3v) is 2.59. The van der Waals surface area contributed by atoms with Crippen LogP contribution >= 0.6 is 11.6 Å². The molecule has 2 aromatic rings. The number of hydrogen-bond acceptors (Lipinski definition) is 2. The molecule has 0 unspecified atom stereocenters. The summed E-state index contributed by atoms with van der Waals surface area (Å²) in [7, 11) is 0. The monoisotopic (exact) mass is 268 g/mol. The van der Waals surface area contributed by atoms with E-state index < -0.39 is 11.6 Å². The van der Waals surface area contributed by atoms with Crippen molar-refractivity contribution in [2.45, 2.75) is 6.42 Å². The summed E-state index contributed by atoms with van der Waals surface area (Å²) in [4.78, 5) is 4.05. The standard InChI is InChI=1S/C13H11ClF2N2/c14-10-1-2-13(18-8-10)17-4-3-9-5-11(15)7-12(16)6-9/h1-2,5-8H,3-4H2,(H,17,18). The maximum absolute atomic E-state index is 12.9. The van der Waals surface area contributed by atoms with Crippen LogP contribution < -0.4 is 5.32 Å². The molecule has 0 saturated carbocycles. The van der Waals surface area contributed by atoms with Gasteiger partial charge in [0.05, 0.1) is 5.02 Å². The van der Waals surface area contributed by atoms with Gasteiger partial charge in [0, 0.05) is 18.8 Å². The Morgan fingerprint density at radius 2 is 1.83 bits per heavy atom. The summed E-state index contributed by atoms with van der Waals surface area (Å²) >= 11 is 5.70. The Bertz CT molecular complexity index is 509. The van der Waals surface area contributed by atoms with E-state index in [0.29, 0.717) is 29.4 Å². The first-order chi connectivity index (χ1) is 8.63. The van der Waals surface area contributed by atoms with E-state index in [0.717, 1.165) is 6.07 Å². The molecular weight excluding hydrogens is 258 g/mol. The van der Waals surface area contributed by atoms with Gasteiger partial charge >= 0.3 is 0 Å². The van der Waals surface area contributed by atoms with Crippen molar-refractivity contribution in [3.8, 4) is 0 Å². The van der Waals surface area contributed by atoms with Crippen molar-refractivity contribution in [1.82, 2.24) is 4.98 Å². The first-order valence-corrected chi connectivity index (χ1v) is 5.82. The number of rotatable bonds is 4. The van der Waals surface area contributed by atoms with Gasteiger partial charge in [-0.05, 0) is 36.2 Å². The molecule has 18 heavy (non-hydrogen) atoms. The number of benzene rings is 1. The summed E-state index contributed by atoms with van der Waals surface area (Å²) < 4.78 is 25.9. The lowest BCUT2D eigenvalue weighted by molar-refractivity contribution is 0.580. The molecule has 0 bridgehead atoms. The Morgan fingerprint density at radius 1 is 1.11 bits per heavy atom. The van der Waals surface area contributed by atoms with Crippen molar-refractivity contribution >= 4 is 17.4 Å². The fourth-order valence-electron chi connectivity index (χ4n) is 1.57. The van der Waals surface area contributed by atoms with Gasteiger partial charge in [0.1, 0.15) is 17.5 Å². The van der Waals surface area contributed by atoms with Crippen molar-refractivity contribution in [1.29, 1.82) is 0 Å². The van der Waals surface area contributed by atoms with Crippen molar-refractivity contribution < 1.29 is 8.78 Å². The summed E-state index contributed by atoms with van der Waals surface area (Å²) in [5.74, 6) is -0.444. The van der Waals surface area contributed by atoms with E-state index in [1.54, 1.807) is 12.1 Å². The van der Waals surface area contributed by atoms with Crippen LogP contribution in [-0.2, 0) is 6.42 Å². The topological polar surface area (TPSA) is 24.9 Å². The molecule has 0 amide bonds. The third kappa shape index (κ3) is 3.67. The van der Waals surface area contributed by atoms with Crippen molar-refractivity contribution in [2.24, 2.45) is 0 Å². The highest BCUT2D eigenvalue weighted by Gasteiger charge is 2.01. The zero-order valence-electron chi connectivity index (χ0n) is 9.46. The minimum absolute atomic E-state index is 0.513. The molecule has 2 nitrogen and oxygen atoms in total. The lowest BCUT2D eigenvalue weighted by Crippen LogP contribution is -2.06. The number of halogens is 3. The molecule has 0 fully saturated rings. The maximum atomic E-state index is 12.9. The van der Waals surface area contributed by atoms with E-state index in [9.17, 15) is 8.78 Å². The second-order valence-corrected chi connectivity index (χ2v) is 4.25. The van der Waals surface area contributed by atoms with Crippen molar-refractivity contribution in [3.63, 3.8) is 0 Å². The third-order valence-electron chi connectivity index (χ3n) is 2.37. The van der Waals surface area contributed by atoms with Crippen LogP contribution in [0.25, 0.3) is 0 Å². The van der Waals surface area contributed by atoms with Crippen LogP contribution in [0.2, 0.25) is 5.02 Å². The second-order valence-electron chi connectivity index (χ2n) is 3.82. The van der Waals surface area contributed by atoms with Crippen LogP contribution in [0.15, 0.2) is 36.5 Å². The molecule has 0 radical (unpaired) electrons. The van der Waals surface area contributed by atoms with Gasteiger partial charge in [0.2, 0.25) is 0 Å². The predicted molar refractivity (Wildman–Crippen MR) is 67.8 cm³/mol. The molecule has 2 rings (SSSR count). The molecule has 0 saturated heterocycles. The molecule has 94 valence electrons. The van der Waals surface area contributed by atoms with Crippen LogP contribution in [0.5, 0.6) is 0 Å². The van der Waals surface area contributed by atoms with Gasteiger partial charge in [-0.25, -0.2) is 13.8 Å². The molecule has 1 N–H and O–H groups in total. The fraction of sp³-hybridized carbons (Fsp3) is 0.154. The molecule has 0 aliphatic carbocycles. The molecule has 0 spiro atoms. The first kappa shape index (κ1) is 12.8. The molecule has 1 aromatic heterocycles. The van der Waals surface area contributed by atoms with Gasteiger partial charge in [-0.15, -0.1) is 0 Å². The summed E-state index contributed by atoms with van der Waals surface area (Å²) in [5.41, 5.74) is 0.606. The minimum Gasteiger partial charge on any atom is -0.370 e. The summed E-state index contributed by atoms with van der Waals surface area (Å²) in [5, 5.41) is 3.61. The Labute approximate surface area is 109 Å². The largest absolute Gasteiger partial charge is 0.370 e. The quantitative estimate of drug-likeness (QED) is 0.915. The van der Waals surface area contributed by atoms with Crippen LogP contribution in [0.1, 0.15) is 5.56 Å². The summed E-state index contributed by atoms with van der Waals surface area (Å²) in [6, 6.07) is 6.96. The second kappa shape index (κ2) is 5.78. The van der Waals surface area contributed by atoms with Gasteiger partial charge in [-0.2, -0.15) is 0 Å². The van der Waals surface area contributed by atoms with E-state index in [1.165, 1.54) is 18.3 Å². The number of pyridine rings is 1. The highest BCUT2D eigenvalue weighted by molar-refractivity contribution is 6.30. The van der Waals surface area contributed by atoms with E-state index in [-0.39, 0.29) is 0 Å². The fourth-order valence-corrected chi connectivity index (χ4v) is 1.68. The smallest absolute Gasteiger partial charge is 0.126 e. The molecule has 1 heterocycles. The highest BCUT2D eigenvalue weighted by atomic mass is 35.5. The number of aromatic nitrogens is 1. The lowest BCUT2D eigenvalue weighted by Gasteiger charge is -2.06. The molecule has 0 aliphatic heterocycles. The first-order valence-electron chi connectivity index (χ1n) is 5.44. The summed E-state index contributed by atoms with van der Waals surface area (Å²) in [6.07, 6.45) is 2.05. The zero-order valence-corrected chi connectivity index (χ0v) is 10.2. The molecule has 5 heteroatoms. The van der Waals surface area contributed by atoms with Crippen molar-refractivity contribution in [3.05, 3.63) is 58.7 Å². The maximum Gasteiger partial charge on any atom is 0.126 e. The van der Waals surface area contributed by atoms with Gasteiger partial charge in [0.25, 0.3) is 0 Å². The van der Waals surface area contributed by atoms with E-state index in [4.69, 9.17) is 11.6 Å². The number of anilines is 1. The van der Waals surface area contributed by atoms with Gasteiger partial charge in [-0.3, -0.25) is 0 Å². The van der Waals surface area contributed by atoms with Gasteiger partial charge in [-0.1, -0.05) is 11.6 Å². The normalized spacial score (nSPS) is 10.4.